The van der Waals surface area contributed by atoms with E-state index >= 15 is 0 Å². The van der Waals surface area contributed by atoms with Gasteiger partial charge in [0.25, 0.3) is 5.91 Å². The van der Waals surface area contributed by atoms with Crippen LogP contribution in [-0.2, 0) is 0 Å². The zero-order valence-corrected chi connectivity index (χ0v) is 9.16. The third-order valence-electron chi connectivity index (χ3n) is 2.54. The highest BCUT2D eigenvalue weighted by atomic mass is 16.2. The maximum atomic E-state index is 11.7. The molecule has 1 N–H and O–H groups in total. The summed E-state index contributed by atoms with van der Waals surface area (Å²) < 4.78 is 0. The number of hydrogen-bond donors (Lipinski definition) is 1. The Morgan fingerprint density at radius 1 is 1.33 bits per heavy atom. The van der Waals surface area contributed by atoms with Gasteiger partial charge in [0.2, 0.25) is 0 Å². The smallest absolute Gasteiger partial charge is 0.253 e. The monoisotopic (exact) mass is 202 g/mol. The molecule has 0 fully saturated rings. The van der Waals surface area contributed by atoms with E-state index in [1.807, 2.05) is 31.3 Å². The van der Waals surface area contributed by atoms with E-state index in [1.54, 1.807) is 19.0 Å². The van der Waals surface area contributed by atoms with Crippen molar-refractivity contribution < 1.29 is 4.79 Å². The van der Waals surface area contributed by atoms with Crippen molar-refractivity contribution in [1.29, 1.82) is 0 Å². The first-order valence-electron chi connectivity index (χ1n) is 4.89. The molecule has 15 heavy (non-hydrogen) atoms. The zero-order valence-electron chi connectivity index (χ0n) is 9.16. The van der Waals surface area contributed by atoms with E-state index in [4.69, 9.17) is 0 Å². The number of fused-ring (bicyclic) bond motifs is 1. The number of nitrogens with one attached hydrogen (secondary N) is 1. The SMILES string of the molecule is Cc1c[nH]c2cc(C(=O)N(C)C)ccc12. The van der Waals surface area contributed by atoms with Crippen molar-refractivity contribution >= 4 is 16.8 Å². The number of hydrogen-bond acceptors (Lipinski definition) is 1. The Morgan fingerprint density at radius 3 is 2.73 bits per heavy atom. The van der Waals surface area contributed by atoms with Gasteiger partial charge >= 0.3 is 0 Å². The van der Waals surface area contributed by atoms with Crippen LogP contribution in [0.15, 0.2) is 24.4 Å². The average molecular weight is 202 g/mol. The van der Waals surface area contributed by atoms with Crippen LogP contribution >= 0.6 is 0 Å². The molecule has 0 atom stereocenters. The van der Waals surface area contributed by atoms with Gasteiger partial charge in [-0.15, -0.1) is 0 Å². The van der Waals surface area contributed by atoms with Gasteiger partial charge in [-0.1, -0.05) is 6.07 Å². The van der Waals surface area contributed by atoms with E-state index in [0.717, 1.165) is 5.52 Å². The fourth-order valence-electron chi connectivity index (χ4n) is 1.66. The molecular weight excluding hydrogens is 188 g/mol. The Hall–Kier alpha value is -1.77. The quantitative estimate of drug-likeness (QED) is 0.756. The van der Waals surface area contributed by atoms with E-state index in [1.165, 1.54) is 10.9 Å². The van der Waals surface area contributed by atoms with E-state index in [-0.39, 0.29) is 5.91 Å². The molecule has 3 nitrogen and oxygen atoms in total. The number of carbonyl (C=O) groups excluding carboxylic acids is 1. The molecule has 3 heteroatoms. The second-order valence-corrected chi connectivity index (χ2v) is 3.93. The Labute approximate surface area is 88.7 Å². The van der Waals surface area contributed by atoms with Crippen LogP contribution in [0, 0.1) is 6.92 Å². The lowest BCUT2D eigenvalue weighted by Gasteiger charge is -2.09. The molecule has 1 aromatic carbocycles. The van der Waals surface area contributed by atoms with Crippen LogP contribution < -0.4 is 0 Å². The topological polar surface area (TPSA) is 36.1 Å². The number of H-pyrrole nitrogens is 1. The van der Waals surface area contributed by atoms with Crippen molar-refractivity contribution in [2.45, 2.75) is 6.92 Å². The average Bonchev–Trinajstić information content (AvgIpc) is 2.59. The molecule has 1 aromatic heterocycles. The Morgan fingerprint density at radius 2 is 2.07 bits per heavy atom. The Kier molecular flexibility index (Phi) is 2.23. The van der Waals surface area contributed by atoms with Crippen molar-refractivity contribution in [2.75, 3.05) is 14.1 Å². The first kappa shape index (κ1) is 9.77. The van der Waals surface area contributed by atoms with Crippen molar-refractivity contribution in [3.05, 3.63) is 35.5 Å². The van der Waals surface area contributed by atoms with Gasteiger partial charge in [0, 0.05) is 36.8 Å². The second-order valence-electron chi connectivity index (χ2n) is 3.93. The molecule has 1 amide bonds. The van der Waals surface area contributed by atoms with Gasteiger partial charge in [-0.05, 0) is 24.6 Å². The number of aromatic amines is 1. The van der Waals surface area contributed by atoms with Crippen molar-refractivity contribution in [2.24, 2.45) is 0 Å². The molecule has 0 aliphatic rings. The number of benzene rings is 1. The fraction of sp³-hybridized carbons (Fsp3) is 0.250. The summed E-state index contributed by atoms with van der Waals surface area (Å²) in [7, 11) is 3.51. The zero-order chi connectivity index (χ0) is 11.0. The summed E-state index contributed by atoms with van der Waals surface area (Å²) in [5.74, 6) is 0.0316. The van der Waals surface area contributed by atoms with Gasteiger partial charge in [-0.3, -0.25) is 4.79 Å². The molecule has 0 bridgehead atoms. The van der Waals surface area contributed by atoms with Crippen LogP contribution in [0.2, 0.25) is 0 Å². The van der Waals surface area contributed by atoms with Crippen molar-refractivity contribution in [1.82, 2.24) is 9.88 Å². The number of aryl methyl sites for hydroxylation is 1. The van der Waals surface area contributed by atoms with Gasteiger partial charge < -0.3 is 9.88 Å². The normalized spacial score (nSPS) is 10.6. The molecule has 0 aliphatic heterocycles. The lowest BCUT2D eigenvalue weighted by Crippen LogP contribution is -2.21. The molecule has 2 aromatic rings. The van der Waals surface area contributed by atoms with Crippen LogP contribution in [0.4, 0.5) is 0 Å². The predicted molar refractivity (Wildman–Crippen MR) is 61.1 cm³/mol. The number of rotatable bonds is 1. The standard InChI is InChI=1S/C12H14N2O/c1-8-7-13-11-6-9(4-5-10(8)11)12(15)14(2)3/h4-7,13H,1-3H3. The highest BCUT2D eigenvalue weighted by Gasteiger charge is 2.09. The molecule has 0 unspecified atom stereocenters. The Bertz CT molecular complexity index is 511. The molecular formula is C12H14N2O. The summed E-state index contributed by atoms with van der Waals surface area (Å²) >= 11 is 0. The minimum absolute atomic E-state index is 0.0316. The van der Waals surface area contributed by atoms with Crippen LogP contribution in [0.5, 0.6) is 0 Å². The first-order chi connectivity index (χ1) is 7.09. The largest absolute Gasteiger partial charge is 0.361 e. The van der Waals surface area contributed by atoms with Crippen LogP contribution in [-0.4, -0.2) is 29.9 Å². The van der Waals surface area contributed by atoms with Gasteiger partial charge in [-0.2, -0.15) is 0 Å². The molecule has 2 rings (SSSR count). The summed E-state index contributed by atoms with van der Waals surface area (Å²) in [6, 6.07) is 5.74. The summed E-state index contributed by atoms with van der Waals surface area (Å²) in [5.41, 5.74) is 2.93. The van der Waals surface area contributed by atoms with Crippen LogP contribution in [0.3, 0.4) is 0 Å². The molecule has 0 saturated heterocycles. The maximum Gasteiger partial charge on any atom is 0.253 e. The summed E-state index contributed by atoms with van der Waals surface area (Å²) in [4.78, 5) is 16.4. The van der Waals surface area contributed by atoms with E-state index in [9.17, 15) is 4.79 Å². The Balaban J connectivity index is 2.52. The summed E-state index contributed by atoms with van der Waals surface area (Å²) in [6.45, 7) is 2.05. The molecule has 0 saturated carbocycles. The molecule has 0 radical (unpaired) electrons. The van der Waals surface area contributed by atoms with Gasteiger partial charge in [0.05, 0.1) is 0 Å². The van der Waals surface area contributed by atoms with E-state index in [2.05, 4.69) is 4.98 Å². The third-order valence-corrected chi connectivity index (χ3v) is 2.54. The fourth-order valence-corrected chi connectivity index (χ4v) is 1.66. The van der Waals surface area contributed by atoms with Crippen LogP contribution in [0.1, 0.15) is 15.9 Å². The van der Waals surface area contributed by atoms with Gasteiger partial charge in [0.15, 0.2) is 0 Å². The van der Waals surface area contributed by atoms with E-state index < -0.39 is 0 Å². The number of aromatic nitrogens is 1. The van der Waals surface area contributed by atoms with Crippen molar-refractivity contribution in [3.63, 3.8) is 0 Å². The summed E-state index contributed by atoms with van der Waals surface area (Å²) in [6.07, 6.45) is 1.95. The van der Waals surface area contributed by atoms with Gasteiger partial charge in [-0.25, -0.2) is 0 Å². The lowest BCUT2D eigenvalue weighted by molar-refractivity contribution is 0.0828. The summed E-state index contributed by atoms with van der Waals surface area (Å²) in [5, 5.41) is 1.17. The minimum atomic E-state index is 0.0316. The van der Waals surface area contributed by atoms with Crippen LogP contribution in [0.25, 0.3) is 10.9 Å². The second kappa shape index (κ2) is 3.42. The van der Waals surface area contributed by atoms with E-state index in [0.29, 0.717) is 5.56 Å². The van der Waals surface area contributed by atoms with Crippen molar-refractivity contribution in [3.8, 4) is 0 Å². The molecule has 1 heterocycles. The highest BCUT2D eigenvalue weighted by molar-refractivity contribution is 5.98. The number of amides is 1. The number of nitrogens with zero attached hydrogens (tertiary/aromatic N) is 1. The maximum absolute atomic E-state index is 11.7. The number of carbonyl (C=O) groups is 1. The first-order valence-corrected chi connectivity index (χ1v) is 4.89. The molecule has 0 aliphatic carbocycles. The molecule has 78 valence electrons. The van der Waals surface area contributed by atoms with Gasteiger partial charge in [0.1, 0.15) is 0 Å². The minimum Gasteiger partial charge on any atom is -0.361 e. The lowest BCUT2D eigenvalue weighted by atomic mass is 10.1. The predicted octanol–water partition coefficient (Wildman–Crippen LogP) is 2.18. The third kappa shape index (κ3) is 1.61. The molecule has 0 spiro atoms. The highest BCUT2D eigenvalue weighted by Crippen LogP contribution is 2.19.